The zero-order chi connectivity index (χ0) is 22.9. The van der Waals surface area contributed by atoms with Crippen molar-refractivity contribution in [1.82, 2.24) is 5.43 Å². The van der Waals surface area contributed by atoms with Crippen LogP contribution in [0.25, 0.3) is 0 Å². The van der Waals surface area contributed by atoms with Crippen LogP contribution >= 0.6 is 23.2 Å². The quantitative estimate of drug-likeness (QED) is 0.282. The number of hydrogen-bond donors (Lipinski definition) is 2. The Balaban J connectivity index is 1.49. The molecular formula is C24H21Cl2N3O3. The summed E-state index contributed by atoms with van der Waals surface area (Å²) in [5.74, 6) is -0.978. The van der Waals surface area contributed by atoms with Crippen LogP contribution in [0.4, 0.5) is 5.69 Å². The van der Waals surface area contributed by atoms with E-state index in [9.17, 15) is 9.59 Å². The Bertz CT molecular complexity index is 1130. The molecule has 0 saturated heterocycles. The minimum Gasteiger partial charge on any atom is -0.489 e. The topological polar surface area (TPSA) is 79.8 Å². The molecule has 6 nitrogen and oxygen atoms in total. The van der Waals surface area contributed by atoms with Gasteiger partial charge in [-0.1, -0.05) is 54.4 Å². The third-order valence-corrected chi connectivity index (χ3v) is 5.24. The average Bonchev–Trinajstić information content (AvgIpc) is 2.81. The van der Waals surface area contributed by atoms with Gasteiger partial charge in [-0.2, -0.15) is 5.10 Å². The number of carbonyl (C=O) groups excluding carboxylic acids is 2. The van der Waals surface area contributed by atoms with Gasteiger partial charge in [0.15, 0.2) is 0 Å². The van der Waals surface area contributed by atoms with E-state index in [1.54, 1.807) is 48.5 Å². The summed E-state index contributed by atoms with van der Waals surface area (Å²) in [7, 11) is 0. The van der Waals surface area contributed by atoms with Crippen molar-refractivity contribution in [3.05, 3.63) is 93.5 Å². The second kappa shape index (κ2) is 11.3. The SMILES string of the molecule is CCc1ccccc1NC(=O)C(=O)N/N=C\c1ccc(OCc2ccc(Cl)c(Cl)c2)cc1. The summed E-state index contributed by atoms with van der Waals surface area (Å²) in [5.41, 5.74) is 5.40. The molecule has 0 bridgehead atoms. The Morgan fingerprint density at radius 2 is 1.72 bits per heavy atom. The number of nitrogens with one attached hydrogen (secondary N) is 2. The number of anilines is 1. The van der Waals surface area contributed by atoms with E-state index in [-0.39, 0.29) is 0 Å². The normalized spacial score (nSPS) is 10.7. The smallest absolute Gasteiger partial charge is 0.329 e. The number of amides is 2. The van der Waals surface area contributed by atoms with E-state index in [4.69, 9.17) is 27.9 Å². The Morgan fingerprint density at radius 1 is 0.969 bits per heavy atom. The first-order chi connectivity index (χ1) is 15.5. The lowest BCUT2D eigenvalue weighted by Gasteiger charge is -2.08. The molecule has 164 valence electrons. The van der Waals surface area contributed by atoms with Gasteiger partial charge in [-0.25, -0.2) is 5.43 Å². The van der Waals surface area contributed by atoms with Crippen molar-refractivity contribution in [2.24, 2.45) is 5.10 Å². The van der Waals surface area contributed by atoms with Crippen LogP contribution in [0.3, 0.4) is 0 Å². The molecule has 0 aromatic heterocycles. The number of carbonyl (C=O) groups is 2. The van der Waals surface area contributed by atoms with Crippen LogP contribution in [0.15, 0.2) is 71.8 Å². The first kappa shape index (κ1) is 23.3. The minimum absolute atomic E-state index is 0.344. The van der Waals surface area contributed by atoms with Crippen molar-refractivity contribution in [2.75, 3.05) is 5.32 Å². The van der Waals surface area contributed by atoms with E-state index >= 15 is 0 Å². The van der Waals surface area contributed by atoms with Crippen molar-refractivity contribution >= 4 is 46.9 Å². The van der Waals surface area contributed by atoms with Crippen LogP contribution in [-0.4, -0.2) is 18.0 Å². The number of aryl methyl sites for hydroxylation is 1. The summed E-state index contributed by atoms with van der Waals surface area (Å²) in [6, 6.07) is 19.7. The highest BCUT2D eigenvalue weighted by molar-refractivity contribution is 6.42. The maximum absolute atomic E-state index is 12.1. The Kier molecular flexibility index (Phi) is 8.25. The maximum Gasteiger partial charge on any atom is 0.329 e. The number of nitrogens with zero attached hydrogens (tertiary/aromatic N) is 1. The molecular weight excluding hydrogens is 449 g/mol. The van der Waals surface area contributed by atoms with E-state index in [0.717, 1.165) is 23.1 Å². The van der Waals surface area contributed by atoms with Crippen LogP contribution in [0.1, 0.15) is 23.6 Å². The monoisotopic (exact) mass is 469 g/mol. The highest BCUT2D eigenvalue weighted by atomic mass is 35.5. The van der Waals surface area contributed by atoms with Gasteiger partial charge in [-0.3, -0.25) is 9.59 Å². The van der Waals surface area contributed by atoms with Gasteiger partial charge in [-0.05, 0) is 65.6 Å². The molecule has 3 rings (SSSR count). The summed E-state index contributed by atoms with van der Waals surface area (Å²) in [6.07, 6.45) is 2.18. The molecule has 0 fully saturated rings. The third kappa shape index (κ3) is 6.57. The largest absolute Gasteiger partial charge is 0.489 e. The van der Waals surface area contributed by atoms with Crippen molar-refractivity contribution < 1.29 is 14.3 Å². The maximum atomic E-state index is 12.1. The minimum atomic E-state index is -0.853. The van der Waals surface area contributed by atoms with Gasteiger partial charge in [0.05, 0.1) is 16.3 Å². The number of hydrogen-bond acceptors (Lipinski definition) is 4. The van der Waals surface area contributed by atoms with E-state index < -0.39 is 11.8 Å². The van der Waals surface area contributed by atoms with E-state index in [0.29, 0.717) is 28.1 Å². The second-order valence-electron chi connectivity index (χ2n) is 6.77. The lowest BCUT2D eigenvalue weighted by atomic mass is 10.1. The molecule has 0 aliphatic rings. The highest BCUT2D eigenvalue weighted by Crippen LogP contribution is 2.23. The molecule has 0 heterocycles. The molecule has 0 atom stereocenters. The van der Waals surface area contributed by atoms with Crippen molar-refractivity contribution in [1.29, 1.82) is 0 Å². The Labute approximate surface area is 196 Å². The summed E-state index contributed by atoms with van der Waals surface area (Å²) in [4.78, 5) is 24.0. The van der Waals surface area contributed by atoms with Gasteiger partial charge in [-0.15, -0.1) is 0 Å². The molecule has 0 saturated carbocycles. The van der Waals surface area contributed by atoms with E-state index in [2.05, 4.69) is 15.8 Å². The number of rotatable bonds is 7. The fourth-order valence-electron chi connectivity index (χ4n) is 2.79. The number of ether oxygens (including phenoxy) is 1. The molecule has 8 heteroatoms. The number of hydrazone groups is 1. The van der Waals surface area contributed by atoms with Gasteiger partial charge < -0.3 is 10.1 Å². The Morgan fingerprint density at radius 3 is 2.44 bits per heavy atom. The van der Waals surface area contributed by atoms with Crippen LogP contribution in [0.2, 0.25) is 10.0 Å². The van der Waals surface area contributed by atoms with Crippen LogP contribution in [-0.2, 0) is 22.6 Å². The van der Waals surface area contributed by atoms with Gasteiger partial charge >= 0.3 is 11.8 Å². The van der Waals surface area contributed by atoms with E-state index in [1.807, 2.05) is 25.1 Å². The predicted octanol–water partition coefficient (Wildman–Crippen LogP) is 5.22. The fourth-order valence-corrected chi connectivity index (χ4v) is 3.11. The zero-order valence-corrected chi connectivity index (χ0v) is 18.8. The molecule has 0 aliphatic heterocycles. The molecule has 0 unspecified atom stereocenters. The van der Waals surface area contributed by atoms with Gasteiger partial charge in [0.25, 0.3) is 0 Å². The lowest BCUT2D eigenvalue weighted by Crippen LogP contribution is -2.32. The number of halogens is 2. The first-order valence-electron chi connectivity index (χ1n) is 9.85. The number of benzene rings is 3. The molecule has 2 N–H and O–H groups in total. The van der Waals surface area contributed by atoms with Gasteiger partial charge in [0, 0.05) is 5.69 Å². The highest BCUT2D eigenvalue weighted by Gasteiger charge is 2.14. The van der Waals surface area contributed by atoms with E-state index in [1.165, 1.54) is 6.21 Å². The Hall–Kier alpha value is -3.35. The first-order valence-corrected chi connectivity index (χ1v) is 10.6. The molecule has 0 spiro atoms. The molecule has 32 heavy (non-hydrogen) atoms. The van der Waals surface area contributed by atoms with Crippen LogP contribution in [0.5, 0.6) is 5.75 Å². The number of para-hydroxylation sites is 1. The summed E-state index contributed by atoms with van der Waals surface area (Å²) in [6.45, 7) is 2.32. The molecule has 3 aromatic rings. The molecule has 2 amide bonds. The van der Waals surface area contributed by atoms with Gasteiger partial charge in [0.2, 0.25) is 0 Å². The predicted molar refractivity (Wildman–Crippen MR) is 127 cm³/mol. The second-order valence-corrected chi connectivity index (χ2v) is 7.58. The standard InChI is InChI=1S/C24H21Cl2N3O3/c1-2-18-5-3-4-6-22(18)28-23(30)24(31)29-27-14-16-7-10-19(11-8-16)32-15-17-9-12-20(25)21(26)13-17/h3-14H,2,15H2,1H3,(H,28,30)(H,29,31)/b27-14-. The molecule has 0 aliphatic carbocycles. The van der Waals surface area contributed by atoms with Crippen molar-refractivity contribution in [3.8, 4) is 5.75 Å². The third-order valence-electron chi connectivity index (χ3n) is 4.50. The van der Waals surface area contributed by atoms with Crippen molar-refractivity contribution in [2.45, 2.75) is 20.0 Å². The zero-order valence-electron chi connectivity index (χ0n) is 17.3. The van der Waals surface area contributed by atoms with Gasteiger partial charge in [0.1, 0.15) is 12.4 Å². The van der Waals surface area contributed by atoms with Crippen LogP contribution in [0, 0.1) is 0 Å². The lowest BCUT2D eigenvalue weighted by molar-refractivity contribution is -0.136. The molecule has 3 aromatic carbocycles. The summed E-state index contributed by atoms with van der Waals surface area (Å²) >= 11 is 11.9. The van der Waals surface area contributed by atoms with Crippen molar-refractivity contribution in [3.63, 3.8) is 0 Å². The summed E-state index contributed by atoms with van der Waals surface area (Å²) < 4.78 is 5.72. The summed E-state index contributed by atoms with van der Waals surface area (Å²) in [5, 5.41) is 7.40. The van der Waals surface area contributed by atoms with Crippen LogP contribution < -0.4 is 15.5 Å². The average molecular weight is 470 g/mol. The fraction of sp³-hybridized carbons (Fsp3) is 0.125. The molecule has 0 radical (unpaired) electrons.